The molecule has 1 heterocycles. The molecule has 4 nitrogen and oxygen atoms in total. The summed E-state index contributed by atoms with van der Waals surface area (Å²) in [6.07, 6.45) is 1.39. The van der Waals surface area contributed by atoms with Gasteiger partial charge in [-0.15, -0.1) is 0 Å². The van der Waals surface area contributed by atoms with Crippen LogP contribution in [0.2, 0.25) is 5.02 Å². The summed E-state index contributed by atoms with van der Waals surface area (Å²) in [7, 11) is 0. The highest BCUT2D eigenvalue weighted by Gasteiger charge is 2.08. The van der Waals surface area contributed by atoms with Gasteiger partial charge in [0.2, 0.25) is 0 Å². The Hall–Kier alpha value is -0.600. The number of nitrogens with zero attached hydrogens (tertiary/aromatic N) is 2. The van der Waals surface area contributed by atoms with Gasteiger partial charge in [0, 0.05) is 3.57 Å². The summed E-state index contributed by atoms with van der Waals surface area (Å²) in [4.78, 5) is 7.95. The lowest BCUT2D eigenvalue weighted by molar-refractivity contribution is 1.16. The number of nitrogens with two attached hydrogens (primary N) is 1. The van der Waals surface area contributed by atoms with Gasteiger partial charge >= 0.3 is 0 Å². The maximum absolute atomic E-state index is 6.11. The van der Waals surface area contributed by atoms with E-state index in [-0.39, 0.29) is 0 Å². The molecule has 2 rings (SSSR count). The number of aromatic nitrogens is 2. The van der Waals surface area contributed by atoms with Gasteiger partial charge < -0.3 is 11.1 Å². The van der Waals surface area contributed by atoms with E-state index in [1.165, 1.54) is 6.33 Å². The molecule has 0 saturated carbocycles. The maximum Gasteiger partial charge on any atom is 0.150 e. The number of halogens is 3. The first-order chi connectivity index (χ1) is 8.08. The summed E-state index contributed by atoms with van der Waals surface area (Å²) in [5, 5.41) is 3.72. The van der Waals surface area contributed by atoms with Gasteiger partial charge in [-0.3, -0.25) is 0 Å². The van der Waals surface area contributed by atoms with E-state index < -0.39 is 0 Å². The van der Waals surface area contributed by atoms with Crippen LogP contribution in [0.25, 0.3) is 0 Å². The minimum absolute atomic E-state index is 0.379. The van der Waals surface area contributed by atoms with E-state index in [4.69, 9.17) is 17.3 Å². The molecule has 0 spiro atoms. The van der Waals surface area contributed by atoms with Gasteiger partial charge in [0.25, 0.3) is 0 Å². The summed E-state index contributed by atoms with van der Waals surface area (Å²) in [6.45, 7) is 0. The van der Waals surface area contributed by atoms with Crippen molar-refractivity contribution in [2.75, 3.05) is 11.1 Å². The fourth-order valence-corrected chi connectivity index (χ4v) is 2.40. The number of nitrogen functional groups attached to an aromatic ring is 1. The molecule has 0 radical (unpaired) electrons. The average Bonchev–Trinajstić information content (AvgIpc) is 2.28. The van der Waals surface area contributed by atoms with Crippen molar-refractivity contribution in [3.05, 3.63) is 37.6 Å². The fraction of sp³-hybridized carbons (Fsp3) is 0. The number of hydrogen-bond acceptors (Lipinski definition) is 4. The highest BCUT2D eigenvalue weighted by molar-refractivity contribution is 14.1. The zero-order valence-electron chi connectivity index (χ0n) is 8.42. The van der Waals surface area contributed by atoms with Crippen molar-refractivity contribution in [2.24, 2.45) is 0 Å². The standard InChI is InChI=1S/C10H7BrClIN4/c11-8-9(14)15-4-16-10(8)17-7-2-1-5(13)3-6(7)12/h1-4H,(H3,14,15,16,17). The first-order valence-corrected chi connectivity index (χ1v) is 6.81. The van der Waals surface area contributed by atoms with Gasteiger partial charge in [-0.25, -0.2) is 9.97 Å². The van der Waals surface area contributed by atoms with Crippen LogP contribution in [-0.4, -0.2) is 9.97 Å². The molecular weight excluding hydrogens is 418 g/mol. The van der Waals surface area contributed by atoms with Crippen molar-refractivity contribution in [1.82, 2.24) is 9.97 Å². The number of hydrogen-bond donors (Lipinski definition) is 2. The molecule has 1 aromatic carbocycles. The van der Waals surface area contributed by atoms with Crippen LogP contribution in [0.5, 0.6) is 0 Å². The highest BCUT2D eigenvalue weighted by Crippen LogP contribution is 2.31. The Morgan fingerprint density at radius 1 is 1.35 bits per heavy atom. The van der Waals surface area contributed by atoms with Crippen LogP contribution >= 0.6 is 50.1 Å². The van der Waals surface area contributed by atoms with Gasteiger partial charge in [0.05, 0.1) is 10.7 Å². The van der Waals surface area contributed by atoms with E-state index in [0.29, 0.717) is 21.1 Å². The lowest BCUT2D eigenvalue weighted by Gasteiger charge is -2.09. The zero-order valence-corrected chi connectivity index (χ0v) is 12.9. The van der Waals surface area contributed by atoms with Crippen LogP contribution in [0.3, 0.4) is 0 Å². The summed E-state index contributed by atoms with van der Waals surface area (Å²) >= 11 is 11.6. The smallest absolute Gasteiger partial charge is 0.150 e. The second kappa shape index (κ2) is 5.36. The van der Waals surface area contributed by atoms with Crippen LogP contribution in [0.1, 0.15) is 0 Å². The second-order valence-electron chi connectivity index (χ2n) is 3.17. The third kappa shape index (κ3) is 2.99. The normalized spacial score (nSPS) is 10.3. The first kappa shape index (κ1) is 12.8. The van der Waals surface area contributed by atoms with Crippen molar-refractivity contribution in [3.8, 4) is 0 Å². The van der Waals surface area contributed by atoms with Crippen LogP contribution in [0, 0.1) is 3.57 Å². The summed E-state index contributed by atoms with van der Waals surface area (Å²) in [5.74, 6) is 0.963. The molecular formula is C10H7BrClIN4. The van der Waals surface area contributed by atoms with Crippen LogP contribution in [0.15, 0.2) is 29.0 Å². The Bertz CT molecular complexity index is 564. The largest absolute Gasteiger partial charge is 0.383 e. The van der Waals surface area contributed by atoms with E-state index >= 15 is 0 Å². The van der Waals surface area contributed by atoms with Gasteiger partial charge in [-0.05, 0) is 56.7 Å². The van der Waals surface area contributed by atoms with E-state index in [9.17, 15) is 0 Å². The molecule has 0 atom stereocenters. The third-order valence-corrected chi connectivity index (χ3v) is 3.77. The molecule has 2 aromatic rings. The first-order valence-electron chi connectivity index (χ1n) is 4.56. The fourth-order valence-electron chi connectivity index (χ4n) is 1.19. The molecule has 0 aliphatic carbocycles. The summed E-state index contributed by atoms with van der Waals surface area (Å²) in [6, 6.07) is 5.70. The Kier molecular flexibility index (Phi) is 4.05. The molecule has 88 valence electrons. The molecule has 0 saturated heterocycles. The second-order valence-corrected chi connectivity index (χ2v) is 5.62. The van der Waals surface area contributed by atoms with E-state index in [2.05, 4.69) is 53.8 Å². The van der Waals surface area contributed by atoms with E-state index in [1.54, 1.807) is 0 Å². The molecule has 7 heteroatoms. The monoisotopic (exact) mass is 424 g/mol. The van der Waals surface area contributed by atoms with Gasteiger partial charge in [0.15, 0.2) is 0 Å². The third-order valence-electron chi connectivity index (χ3n) is 2.00. The molecule has 17 heavy (non-hydrogen) atoms. The van der Waals surface area contributed by atoms with Crippen molar-refractivity contribution in [2.45, 2.75) is 0 Å². The Labute approximate surface area is 125 Å². The molecule has 1 aromatic heterocycles. The summed E-state index contributed by atoms with van der Waals surface area (Å²) in [5.41, 5.74) is 6.43. The highest BCUT2D eigenvalue weighted by atomic mass is 127. The summed E-state index contributed by atoms with van der Waals surface area (Å²) < 4.78 is 1.69. The van der Waals surface area contributed by atoms with Gasteiger partial charge in [-0.2, -0.15) is 0 Å². The molecule has 0 amide bonds. The Balaban J connectivity index is 2.35. The number of rotatable bonds is 2. The predicted octanol–water partition coefficient (Wildman–Crippen LogP) is 3.82. The van der Waals surface area contributed by atoms with Gasteiger partial charge in [-0.1, -0.05) is 11.6 Å². The predicted molar refractivity (Wildman–Crippen MR) is 81.6 cm³/mol. The maximum atomic E-state index is 6.11. The molecule has 0 bridgehead atoms. The van der Waals surface area contributed by atoms with E-state index in [0.717, 1.165) is 9.26 Å². The van der Waals surface area contributed by atoms with Crippen LogP contribution in [-0.2, 0) is 0 Å². The van der Waals surface area contributed by atoms with E-state index in [1.807, 2.05) is 18.2 Å². The lowest BCUT2D eigenvalue weighted by Crippen LogP contribution is -2.00. The molecule has 0 fully saturated rings. The van der Waals surface area contributed by atoms with Crippen LogP contribution < -0.4 is 11.1 Å². The quantitative estimate of drug-likeness (QED) is 0.718. The molecule has 0 unspecified atom stereocenters. The van der Waals surface area contributed by atoms with Crippen molar-refractivity contribution in [1.29, 1.82) is 0 Å². The SMILES string of the molecule is Nc1ncnc(Nc2ccc(I)cc2Cl)c1Br. The van der Waals surface area contributed by atoms with Crippen molar-refractivity contribution in [3.63, 3.8) is 0 Å². The molecule has 3 N–H and O–H groups in total. The number of benzene rings is 1. The topological polar surface area (TPSA) is 63.8 Å². The zero-order chi connectivity index (χ0) is 12.4. The average molecular weight is 425 g/mol. The van der Waals surface area contributed by atoms with Crippen molar-refractivity contribution < 1.29 is 0 Å². The lowest BCUT2D eigenvalue weighted by atomic mass is 10.3. The molecule has 0 aliphatic rings. The van der Waals surface area contributed by atoms with Crippen LogP contribution in [0.4, 0.5) is 17.3 Å². The van der Waals surface area contributed by atoms with Gasteiger partial charge in [0.1, 0.15) is 22.4 Å². The van der Waals surface area contributed by atoms with Crippen molar-refractivity contribution >= 4 is 67.4 Å². The minimum Gasteiger partial charge on any atom is -0.383 e. The number of anilines is 3. The Morgan fingerprint density at radius 3 is 2.82 bits per heavy atom. The minimum atomic E-state index is 0.379. The Morgan fingerprint density at radius 2 is 2.12 bits per heavy atom. The number of nitrogens with one attached hydrogen (secondary N) is 1. The molecule has 0 aliphatic heterocycles.